The van der Waals surface area contributed by atoms with Gasteiger partial charge in [0.25, 0.3) is 0 Å². The Morgan fingerprint density at radius 3 is 1.76 bits per heavy atom. The van der Waals surface area contributed by atoms with Gasteiger partial charge in [-0.05, 0) is 84.9 Å². The van der Waals surface area contributed by atoms with Crippen molar-refractivity contribution in [2.24, 2.45) is 5.92 Å². The number of anilines is 1. The third kappa shape index (κ3) is 8.92. The quantitative estimate of drug-likeness (QED) is 0.185. The maximum Gasteiger partial charge on any atom is 0.573 e. The van der Waals surface area contributed by atoms with Crippen molar-refractivity contribution in [2.75, 3.05) is 31.6 Å². The summed E-state index contributed by atoms with van der Waals surface area (Å²) in [7, 11) is 1.60. The second-order valence-corrected chi connectivity index (χ2v) is 10.6. The largest absolute Gasteiger partial charge is 0.573 e. The summed E-state index contributed by atoms with van der Waals surface area (Å²) in [6.45, 7) is 5.33. The van der Waals surface area contributed by atoms with Crippen LogP contribution in [0, 0.1) is 5.92 Å². The van der Waals surface area contributed by atoms with Gasteiger partial charge in [-0.2, -0.15) is 0 Å². The normalized spacial score (nSPS) is 14.9. The number of ether oxygens (including phenoxy) is 3. The first kappa shape index (κ1) is 33.7. The average Bonchev–Trinajstić information content (AvgIpc) is 2.99. The highest BCUT2D eigenvalue weighted by Crippen LogP contribution is 2.43. The number of aliphatic hydroxyl groups is 1. The minimum absolute atomic E-state index is 0.0991. The first-order chi connectivity index (χ1) is 21.2. The van der Waals surface area contributed by atoms with E-state index >= 15 is 0 Å². The Kier molecular flexibility index (Phi) is 10.3. The molecule has 1 N–H and O–H groups in total. The predicted octanol–water partition coefficient (Wildman–Crippen LogP) is 7.39. The van der Waals surface area contributed by atoms with Gasteiger partial charge in [-0.25, -0.2) is 4.79 Å². The van der Waals surface area contributed by atoms with Crippen LogP contribution < -0.4 is 14.4 Å². The van der Waals surface area contributed by atoms with E-state index in [4.69, 9.17) is 4.74 Å². The summed E-state index contributed by atoms with van der Waals surface area (Å²) in [6.07, 6.45) is -7.87. The van der Waals surface area contributed by atoms with Gasteiger partial charge in [-0.3, -0.25) is 9.80 Å². The summed E-state index contributed by atoms with van der Waals surface area (Å²) in [5.74, 6) is -1.36. The summed E-state index contributed by atoms with van der Waals surface area (Å²) < 4.78 is 89.3. The molecule has 0 aliphatic carbocycles. The van der Waals surface area contributed by atoms with E-state index in [-0.39, 0.29) is 17.7 Å². The van der Waals surface area contributed by atoms with Crippen LogP contribution in [0.2, 0.25) is 0 Å². The summed E-state index contributed by atoms with van der Waals surface area (Å²) >= 11 is 0. The molecule has 1 aliphatic rings. The molecule has 0 saturated carbocycles. The number of amides is 1. The van der Waals surface area contributed by atoms with E-state index in [9.17, 15) is 36.2 Å². The molecule has 3 aromatic rings. The van der Waals surface area contributed by atoms with Gasteiger partial charge < -0.3 is 19.3 Å². The first-order valence-electron chi connectivity index (χ1n) is 14.0. The molecule has 0 atom stereocenters. The van der Waals surface area contributed by atoms with Crippen LogP contribution >= 0.6 is 0 Å². The molecular weight excluding hydrogens is 606 g/mol. The molecule has 1 saturated heterocycles. The average molecular weight is 639 g/mol. The Bertz CT molecular complexity index is 1360. The van der Waals surface area contributed by atoms with Crippen molar-refractivity contribution >= 4 is 11.8 Å². The van der Waals surface area contributed by atoms with Crippen molar-refractivity contribution in [1.29, 1.82) is 0 Å². The van der Waals surface area contributed by atoms with Gasteiger partial charge >= 0.3 is 18.8 Å². The van der Waals surface area contributed by atoms with Crippen LogP contribution in [-0.4, -0.2) is 55.6 Å². The van der Waals surface area contributed by atoms with Crippen molar-refractivity contribution in [3.05, 3.63) is 102 Å². The van der Waals surface area contributed by atoms with Crippen molar-refractivity contribution in [3.8, 4) is 11.5 Å². The predicted molar refractivity (Wildman–Crippen MR) is 154 cm³/mol. The molecule has 0 radical (unpaired) electrons. The fourth-order valence-electron chi connectivity index (χ4n) is 5.38. The molecular formula is C32H32F6N2O5. The summed E-state index contributed by atoms with van der Waals surface area (Å²) in [5, 5.41) is 12.2. The number of piperidine rings is 1. The number of carbonyl (C=O) groups excluding carboxylic acids is 1. The maximum absolute atomic E-state index is 12.7. The Morgan fingerprint density at radius 1 is 0.867 bits per heavy atom. The van der Waals surface area contributed by atoms with Crippen LogP contribution in [0.1, 0.15) is 29.5 Å². The molecule has 45 heavy (non-hydrogen) atoms. The Morgan fingerprint density at radius 2 is 1.33 bits per heavy atom. The monoisotopic (exact) mass is 638 g/mol. The lowest BCUT2D eigenvalue weighted by Crippen LogP contribution is -2.44. The zero-order valence-corrected chi connectivity index (χ0v) is 24.3. The number of alkyl halides is 6. The molecule has 4 rings (SSSR count). The number of rotatable bonds is 10. The van der Waals surface area contributed by atoms with E-state index in [0.29, 0.717) is 38.2 Å². The molecule has 0 aromatic heterocycles. The maximum atomic E-state index is 12.7. The second kappa shape index (κ2) is 13.8. The van der Waals surface area contributed by atoms with Crippen LogP contribution in [0.5, 0.6) is 11.5 Å². The van der Waals surface area contributed by atoms with Crippen LogP contribution in [0.25, 0.3) is 0 Å². The van der Waals surface area contributed by atoms with Gasteiger partial charge in [-0.1, -0.05) is 49.1 Å². The fourth-order valence-corrected chi connectivity index (χ4v) is 5.38. The Labute approximate surface area is 256 Å². The molecule has 0 unspecified atom stereocenters. The van der Waals surface area contributed by atoms with Crippen LogP contribution in [0.4, 0.5) is 36.8 Å². The number of carbonyl (C=O) groups is 1. The fraction of sp³-hybridized carbons (Fsp3) is 0.344. The van der Waals surface area contributed by atoms with Gasteiger partial charge in [0.05, 0.1) is 0 Å². The summed E-state index contributed by atoms with van der Waals surface area (Å²) in [4.78, 5) is 15.6. The highest BCUT2D eigenvalue weighted by molar-refractivity contribution is 5.86. The van der Waals surface area contributed by atoms with Gasteiger partial charge in [0.2, 0.25) is 0 Å². The van der Waals surface area contributed by atoms with E-state index < -0.39 is 41.8 Å². The molecule has 0 spiro atoms. The third-order valence-corrected chi connectivity index (χ3v) is 7.56. The standard InChI is InChI=1S/C32H32F6N2O5/c1-3-20-43-29(41)39(2)26-10-4-22(5-11-26)21-40-18-16-25(17-19-40)30(42,23-6-12-27(13-7-23)44-31(33,34)35)24-8-14-28(15-9-24)45-32(36,37)38/h3-15,25,42H,1,16-21H2,2H3. The molecule has 1 heterocycles. The molecule has 0 bridgehead atoms. The number of nitrogens with zero attached hydrogens (tertiary/aromatic N) is 2. The smallest absolute Gasteiger partial charge is 0.445 e. The van der Waals surface area contributed by atoms with Crippen molar-refractivity contribution in [3.63, 3.8) is 0 Å². The molecule has 13 heteroatoms. The lowest BCUT2D eigenvalue weighted by atomic mass is 9.72. The van der Waals surface area contributed by atoms with Crippen LogP contribution in [-0.2, 0) is 16.9 Å². The number of halogens is 6. The zero-order chi connectivity index (χ0) is 32.8. The van der Waals surface area contributed by atoms with E-state index in [2.05, 4.69) is 21.0 Å². The van der Waals surface area contributed by atoms with Gasteiger partial charge in [0, 0.05) is 19.3 Å². The van der Waals surface area contributed by atoms with E-state index in [1.54, 1.807) is 19.2 Å². The Hall–Kier alpha value is -4.23. The minimum atomic E-state index is -4.90. The zero-order valence-electron chi connectivity index (χ0n) is 24.3. The highest BCUT2D eigenvalue weighted by atomic mass is 19.4. The molecule has 1 amide bonds. The summed E-state index contributed by atoms with van der Waals surface area (Å²) in [5.41, 5.74) is 0.444. The van der Waals surface area contributed by atoms with Gasteiger partial charge in [0.15, 0.2) is 0 Å². The molecule has 1 aliphatic heterocycles. The molecule has 3 aromatic carbocycles. The van der Waals surface area contributed by atoms with Gasteiger partial charge in [0.1, 0.15) is 23.7 Å². The number of hydrogen-bond acceptors (Lipinski definition) is 6. The van der Waals surface area contributed by atoms with E-state index in [1.807, 2.05) is 12.1 Å². The molecule has 1 fully saturated rings. The molecule has 242 valence electrons. The minimum Gasteiger partial charge on any atom is -0.445 e. The van der Waals surface area contributed by atoms with Gasteiger partial charge in [-0.15, -0.1) is 26.3 Å². The Balaban J connectivity index is 1.49. The first-order valence-corrected chi connectivity index (χ1v) is 14.0. The number of hydrogen-bond donors (Lipinski definition) is 1. The van der Waals surface area contributed by atoms with E-state index in [1.165, 1.54) is 35.2 Å². The lowest BCUT2D eigenvalue weighted by Gasteiger charge is -2.42. The highest BCUT2D eigenvalue weighted by Gasteiger charge is 2.42. The SMILES string of the molecule is C=CCOC(=O)N(C)c1ccc(CN2CCC(C(O)(c3ccc(OC(F)(F)F)cc3)c3ccc(OC(F)(F)F)cc3)CC2)cc1. The summed E-state index contributed by atoms with van der Waals surface area (Å²) in [6, 6.07) is 17.0. The molecule has 7 nitrogen and oxygen atoms in total. The van der Waals surface area contributed by atoms with Crippen molar-refractivity contribution < 1.29 is 50.5 Å². The topological polar surface area (TPSA) is 71.5 Å². The van der Waals surface area contributed by atoms with Crippen LogP contribution in [0.3, 0.4) is 0 Å². The number of likely N-dealkylation sites (tertiary alicyclic amines) is 1. The third-order valence-electron chi connectivity index (χ3n) is 7.56. The second-order valence-electron chi connectivity index (χ2n) is 10.6. The van der Waals surface area contributed by atoms with Crippen molar-refractivity contribution in [1.82, 2.24) is 4.90 Å². The number of benzene rings is 3. The van der Waals surface area contributed by atoms with E-state index in [0.717, 1.165) is 29.8 Å². The van der Waals surface area contributed by atoms with Crippen molar-refractivity contribution in [2.45, 2.75) is 37.7 Å². The van der Waals surface area contributed by atoms with Crippen LogP contribution in [0.15, 0.2) is 85.5 Å². The lowest BCUT2D eigenvalue weighted by molar-refractivity contribution is -0.275.